The van der Waals surface area contributed by atoms with Crippen LogP contribution in [0.2, 0.25) is 0 Å². The maximum atomic E-state index is 12.3. The second-order valence-corrected chi connectivity index (χ2v) is 8.19. The average Bonchev–Trinajstić information content (AvgIpc) is 3.30. The Kier molecular flexibility index (Phi) is 6.46. The van der Waals surface area contributed by atoms with E-state index in [9.17, 15) is 4.79 Å². The van der Waals surface area contributed by atoms with Crippen LogP contribution in [0.3, 0.4) is 0 Å². The third-order valence-corrected chi connectivity index (χ3v) is 5.26. The lowest BCUT2D eigenvalue weighted by Gasteiger charge is -2.31. The fraction of sp³-hybridized carbons (Fsp3) is 0.789. The van der Waals surface area contributed by atoms with Crippen molar-refractivity contribution in [2.45, 2.75) is 65.5 Å². The van der Waals surface area contributed by atoms with Crippen molar-refractivity contribution in [3.63, 3.8) is 0 Å². The molecule has 0 radical (unpaired) electrons. The van der Waals surface area contributed by atoms with E-state index in [0.717, 1.165) is 31.6 Å². The highest BCUT2D eigenvalue weighted by molar-refractivity contribution is 5.93. The predicted octanol–water partition coefficient (Wildman–Crippen LogP) is 2.32. The molecule has 27 heavy (non-hydrogen) atoms. The van der Waals surface area contributed by atoms with Gasteiger partial charge in [0.15, 0.2) is 0 Å². The first-order valence-corrected chi connectivity index (χ1v) is 9.97. The zero-order valence-electron chi connectivity index (χ0n) is 16.8. The molecule has 150 valence electrons. The number of oxime groups is 1. The first-order valence-electron chi connectivity index (χ1n) is 9.97. The van der Waals surface area contributed by atoms with Crippen LogP contribution >= 0.6 is 0 Å². The fourth-order valence-corrected chi connectivity index (χ4v) is 3.34. The Bertz CT molecular complexity index is 662. The van der Waals surface area contributed by atoms with Gasteiger partial charge in [-0.2, -0.15) is 0 Å². The molecular formula is C19H31N5O3. The first-order chi connectivity index (χ1) is 12.9. The molecule has 1 N–H and O–H groups in total. The van der Waals surface area contributed by atoms with E-state index < -0.39 is 6.10 Å². The minimum Gasteiger partial charge on any atom is -0.424 e. The number of nitrogens with zero attached hydrogens (tertiary/aromatic N) is 4. The summed E-state index contributed by atoms with van der Waals surface area (Å²) in [6.07, 6.45) is 2.23. The van der Waals surface area contributed by atoms with Gasteiger partial charge >= 0.3 is 0 Å². The number of piperidine rings is 1. The summed E-state index contributed by atoms with van der Waals surface area (Å²) in [4.78, 5) is 19.9. The summed E-state index contributed by atoms with van der Waals surface area (Å²) in [5.41, 5.74) is 0.963. The van der Waals surface area contributed by atoms with E-state index in [4.69, 9.17) is 9.25 Å². The summed E-state index contributed by atoms with van der Waals surface area (Å²) in [5, 5.41) is 15.3. The van der Waals surface area contributed by atoms with Gasteiger partial charge in [-0.15, -0.1) is 10.2 Å². The van der Waals surface area contributed by atoms with E-state index in [-0.39, 0.29) is 11.8 Å². The van der Waals surface area contributed by atoms with Crippen LogP contribution in [0.1, 0.15) is 64.7 Å². The Balaban J connectivity index is 1.35. The second-order valence-electron chi connectivity index (χ2n) is 8.19. The van der Waals surface area contributed by atoms with Gasteiger partial charge in [0.05, 0.1) is 12.3 Å². The summed E-state index contributed by atoms with van der Waals surface area (Å²) in [5.74, 6) is 2.40. The lowest BCUT2D eigenvalue weighted by molar-refractivity contribution is -0.131. The standard InChI is InChI=1S/C19H31N5O3/c1-12(2)15-9-16(27-23-15)18(25)20-10-14-5-7-24(8-6-14)11-17-21-22-19(26-17)13(3)4/h12-14,16H,5-11H2,1-4H3,(H,20,25). The molecule has 2 aliphatic rings. The Morgan fingerprint density at radius 1 is 1.19 bits per heavy atom. The van der Waals surface area contributed by atoms with Crippen molar-refractivity contribution >= 4 is 11.6 Å². The molecule has 1 aromatic heterocycles. The Labute approximate surface area is 160 Å². The van der Waals surface area contributed by atoms with E-state index in [1.807, 2.05) is 13.8 Å². The molecule has 1 amide bonds. The van der Waals surface area contributed by atoms with Gasteiger partial charge in [0.2, 0.25) is 17.9 Å². The SMILES string of the molecule is CC(C)C1=NOC(C(=O)NCC2CCN(Cc3nnc(C(C)C)o3)CC2)C1. The van der Waals surface area contributed by atoms with Gasteiger partial charge in [-0.25, -0.2) is 0 Å². The van der Waals surface area contributed by atoms with Crippen molar-refractivity contribution in [2.24, 2.45) is 17.0 Å². The summed E-state index contributed by atoms with van der Waals surface area (Å²) in [6, 6.07) is 0. The number of amides is 1. The summed E-state index contributed by atoms with van der Waals surface area (Å²) >= 11 is 0. The second kappa shape index (κ2) is 8.82. The van der Waals surface area contributed by atoms with Gasteiger partial charge in [0.1, 0.15) is 0 Å². The summed E-state index contributed by atoms with van der Waals surface area (Å²) < 4.78 is 5.69. The molecule has 1 fully saturated rings. The van der Waals surface area contributed by atoms with E-state index in [1.54, 1.807) is 0 Å². The molecule has 0 aliphatic carbocycles. The quantitative estimate of drug-likeness (QED) is 0.784. The number of hydrogen-bond acceptors (Lipinski definition) is 7. The normalized spacial score (nSPS) is 21.6. The van der Waals surface area contributed by atoms with Gasteiger partial charge in [-0.1, -0.05) is 32.9 Å². The van der Waals surface area contributed by atoms with Crippen LogP contribution < -0.4 is 5.32 Å². The smallest absolute Gasteiger partial charge is 0.264 e. The van der Waals surface area contributed by atoms with Crippen molar-refractivity contribution in [3.8, 4) is 0 Å². The number of nitrogens with one attached hydrogen (secondary N) is 1. The largest absolute Gasteiger partial charge is 0.424 e. The van der Waals surface area contributed by atoms with Gasteiger partial charge in [0, 0.05) is 18.9 Å². The maximum absolute atomic E-state index is 12.3. The molecule has 0 spiro atoms. The highest BCUT2D eigenvalue weighted by Gasteiger charge is 2.30. The number of carbonyl (C=O) groups is 1. The van der Waals surface area contributed by atoms with Gasteiger partial charge in [-0.05, 0) is 37.8 Å². The van der Waals surface area contributed by atoms with Gasteiger partial charge in [0.25, 0.3) is 5.91 Å². The number of likely N-dealkylation sites (tertiary alicyclic amines) is 1. The van der Waals surface area contributed by atoms with Crippen molar-refractivity contribution in [1.29, 1.82) is 0 Å². The van der Waals surface area contributed by atoms with E-state index >= 15 is 0 Å². The Morgan fingerprint density at radius 2 is 1.93 bits per heavy atom. The summed E-state index contributed by atoms with van der Waals surface area (Å²) in [6.45, 7) is 11.6. The van der Waals surface area contributed by atoms with Crippen molar-refractivity contribution in [2.75, 3.05) is 19.6 Å². The number of rotatable bonds is 7. The van der Waals surface area contributed by atoms with Crippen LogP contribution in [0.4, 0.5) is 0 Å². The van der Waals surface area contributed by atoms with Crippen molar-refractivity contribution < 1.29 is 14.0 Å². The predicted molar refractivity (Wildman–Crippen MR) is 101 cm³/mol. The molecule has 1 atom stereocenters. The van der Waals surface area contributed by atoms with E-state index in [2.05, 4.69) is 39.4 Å². The molecule has 0 bridgehead atoms. The molecule has 1 unspecified atom stereocenters. The highest BCUT2D eigenvalue weighted by Crippen LogP contribution is 2.20. The number of hydrogen-bond donors (Lipinski definition) is 1. The minimum atomic E-state index is -0.463. The third kappa shape index (κ3) is 5.28. The zero-order valence-corrected chi connectivity index (χ0v) is 16.8. The van der Waals surface area contributed by atoms with Crippen LogP contribution in [0.15, 0.2) is 9.57 Å². The molecular weight excluding hydrogens is 346 g/mol. The lowest BCUT2D eigenvalue weighted by Crippen LogP contribution is -2.41. The molecule has 1 aromatic rings. The summed E-state index contributed by atoms with van der Waals surface area (Å²) in [7, 11) is 0. The van der Waals surface area contributed by atoms with Crippen LogP contribution in [-0.2, 0) is 16.2 Å². The van der Waals surface area contributed by atoms with Crippen molar-refractivity contribution in [1.82, 2.24) is 20.4 Å². The molecule has 3 rings (SSSR count). The Hall–Kier alpha value is -1.96. The molecule has 0 aromatic carbocycles. The van der Waals surface area contributed by atoms with Crippen LogP contribution in [-0.4, -0.2) is 52.5 Å². The average molecular weight is 377 g/mol. The van der Waals surface area contributed by atoms with Gasteiger partial charge < -0.3 is 14.6 Å². The zero-order chi connectivity index (χ0) is 19.4. The number of carbonyl (C=O) groups excluding carboxylic acids is 1. The molecule has 2 aliphatic heterocycles. The topological polar surface area (TPSA) is 92.8 Å². The molecule has 0 saturated carbocycles. The molecule has 8 nitrogen and oxygen atoms in total. The number of aromatic nitrogens is 2. The van der Waals surface area contributed by atoms with Crippen LogP contribution in [0, 0.1) is 11.8 Å². The Morgan fingerprint density at radius 3 is 2.52 bits per heavy atom. The maximum Gasteiger partial charge on any atom is 0.264 e. The van der Waals surface area contributed by atoms with Crippen LogP contribution in [0.5, 0.6) is 0 Å². The highest BCUT2D eigenvalue weighted by atomic mass is 16.6. The fourth-order valence-electron chi connectivity index (χ4n) is 3.34. The molecule has 8 heteroatoms. The van der Waals surface area contributed by atoms with E-state index in [1.165, 1.54) is 0 Å². The third-order valence-electron chi connectivity index (χ3n) is 5.26. The van der Waals surface area contributed by atoms with Gasteiger partial charge in [-0.3, -0.25) is 9.69 Å². The first kappa shape index (κ1) is 19.8. The monoisotopic (exact) mass is 377 g/mol. The molecule has 3 heterocycles. The van der Waals surface area contributed by atoms with E-state index in [0.29, 0.717) is 43.1 Å². The van der Waals surface area contributed by atoms with Crippen molar-refractivity contribution in [3.05, 3.63) is 11.8 Å². The lowest BCUT2D eigenvalue weighted by atomic mass is 9.96. The minimum absolute atomic E-state index is 0.0519. The van der Waals surface area contributed by atoms with Crippen LogP contribution in [0.25, 0.3) is 0 Å². The molecule has 1 saturated heterocycles.